The first-order valence-corrected chi connectivity index (χ1v) is 6.05. The van der Waals surface area contributed by atoms with E-state index in [2.05, 4.69) is 4.98 Å². The van der Waals surface area contributed by atoms with E-state index >= 15 is 0 Å². The lowest BCUT2D eigenvalue weighted by atomic mass is 10.1. The first kappa shape index (κ1) is 13.8. The number of aromatic nitrogens is 1. The number of nitro groups is 1. The van der Waals surface area contributed by atoms with Gasteiger partial charge in [0.15, 0.2) is 0 Å². The van der Waals surface area contributed by atoms with Crippen LogP contribution in [0.25, 0.3) is 0 Å². The van der Waals surface area contributed by atoms with Gasteiger partial charge in [0.1, 0.15) is 0 Å². The third kappa shape index (κ3) is 2.69. The Morgan fingerprint density at radius 3 is 2.55 bits per heavy atom. The number of pyridine rings is 1. The Morgan fingerprint density at radius 2 is 1.95 bits per heavy atom. The number of nitrogen functional groups attached to an aromatic ring is 1. The standard InChI is InChI=1S/C14H15N3O3/c1-8-6-9(2)14(12(7-8)17(18)19)20-13-5-4-11(15)10(3)16-13/h4-7H,15H2,1-3H3. The molecular formula is C14H15N3O3. The number of rotatable bonds is 3. The molecule has 0 unspecified atom stereocenters. The minimum absolute atomic E-state index is 0.0706. The minimum Gasteiger partial charge on any atom is -0.432 e. The number of nitrogens with zero attached hydrogens (tertiary/aromatic N) is 2. The third-order valence-corrected chi connectivity index (χ3v) is 2.90. The van der Waals surface area contributed by atoms with Gasteiger partial charge in [-0.15, -0.1) is 0 Å². The van der Waals surface area contributed by atoms with Crippen molar-refractivity contribution in [3.63, 3.8) is 0 Å². The number of nitrogens with two attached hydrogens (primary N) is 1. The van der Waals surface area contributed by atoms with Crippen LogP contribution < -0.4 is 10.5 Å². The van der Waals surface area contributed by atoms with Gasteiger partial charge >= 0.3 is 5.69 Å². The summed E-state index contributed by atoms with van der Waals surface area (Å²) < 4.78 is 5.58. The van der Waals surface area contributed by atoms with Crippen LogP contribution in [0.3, 0.4) is 0 Å². The maximum Gasteiger partial charge on any atom is 0.312 e. The quantitative estimate of drug-likeness (QED) is 0.684. The van der Waals surface area contributed by atoms with Crippen LogP contribution in [-0.2, 0) is 0 Å². The lowest BCUT2D eigenvalue weighted by molar-refractivity contribution is -0.385. The van der Waals surface area contributed by atoms with E-state index in [0.717, 1.165) is 5.56 Å². The molecule has 6 heteroatoms. The molecule has 0 amide bonds. The maximum absolute atomic E-state index is 11.1. The average Bonchev–Trinajstić information content (AvgIpc) is 2.36. The molecule has 6 nitrogen and oxygen atoms in total. The Kier molecular flexibility index (Phi) is 3.56. The Balaban J connectivity index is 2.47. The lowest BCUT2D eigenvalue weighted by Crippen LogP contribution is -1.99. The molecule has 0 aliphatic carbocycles. The van der Waals surface area contributed by atoms with Gasteiger partial charge in [0.2, 0.25) is 11.6 Å². The zero-order valence-electron chi connectivity index (χ0n) is 11.5. The Morgan fingerprint density at radius 1 is 1.25 bits per heavy atom. The number of anilines is 1. The Labute approximate surface area is 116 Å². The van der Waals surface area contributed by atoms with E-state index in [0.29, 0.717) is 16.9 Å². The Hall–Kier alpha value is -2.63. The fourth-order valence-corrected chi connectivity index (χ4v) is 1.91. The SMILES string of the molecule is Cc1cc(C)c(Oc2ccc(N)c(C)n2)c([N+](=O)[O-])c1. The van der Waals surface area contributed by atoms with Crippen molar-refractivity contribution in [1.82, 2.24) is 4.98 Å². The molecule has 1 aromatic carbocycles. The van der Waals surface area contributed by atoms with Gasteiger partial charge in [0.05, 0.1) is 16.3 Å². The summed E-state index contributed by atoms with van der Waals surface area (Å²) in [5.41, 5.74) is 8.28. The summed E-state index contributed by atoms with van der Waals surface area (Å²) in [4.78, 5) is 14.8. The summed E-state index contributed by atoms with van der Waals surface area (Å²) in [6.45, 7) is 5.31. The van der Waals surface area contributed by atoms with E-state index in [1.807, 2.05) is 6.07 Å². The van der Waals surface area contributed by atoms with E-state index in [4.69, 9.17) is 10.5 Å². The van der Waals surface area contributed by atoms with Crippen LogP contribution in [0.1, 0.15) is 16.8 Å². The second-order valence-corrected chi connectivity index (χ2v) is 4.61. The van der Waals surface area contributed by atoms with Crippen LogP contribution in [0.5, 0.6) is 11.6 Å². The van der Waals surface area contributed by atoms with Crippen molar-refractivity contribution in [3.05, 3.63) is 51.2 Å². The highest BCUT2D eigenvalue weighted by Crippen LogP contribution is 2.35. The molecule has 0 atom stereocenters. The second kappa shape index (κ2) is 5.16. The number of hydrogen-bond acceptors (Lipinski definition) is 5. The molecule has 2 rings (SSSR count). The first-order valence-electron chi connectivity index (χ1n) is 6.05. The van der Waals surface area contributed by atoms with Crippen LogP contribution in [0.2, 0.25) is 0 Å². The molecule has 2 N–H and O–H groups in total. The van der Waals surface area contributed by atoms with E-state index in [1.54, 1.807) is 32.9 Å². The predicted molar refractivity (Wildman–Crippen MR) is 76.0 cm³/mol. The van der Waals surface area contributed by atoms with Gasteiger partial charge in [-0.25, -0.2) is 4.98 Å². The predicted octanol–water partition coefficient (Wildman–Crippen LogP) is 3.29. The fraction of sp³-hybridized carbons (Fsp3) is 0.214. The fourth-order valence-electron chi connectivity index (χ4n) is 1.91. The number of benzene rings is 1. The van der Waals surface area contributed by atoms with Crippen LogP contribution in [0, 0.1) is 30.9 Å². The monoisotopic (exact) mass is 273 g/mol. The van der Waals surface area contributed by atoms with Crippen LogP contribution in [0.4, 0.5) is 11.4 Å². The molecule has 20 heavy (non-hydrogen) atoms. The summed E-state index contributed by atoms with van der Waals surface area (Å²) in [7, 11) is 0. The van der Waals surface area contributed by atoms with Crippen molar-refractivity contribution in [2.45, 2.75) is 20.8 Å². The Bertz CT molecular complexity index is 684. The van der Waals surface area contributed by atoms with E-state index in [1.165, 1.54) is 6.07 Å². The van der Waals surface area contributed by atoms with E-state index in [9.17, 15) is 10.1 Å². The molecule has 0 bridgehead atoms. The van der Waals surface area contributed by atoms with Crippen molar-refractivity contribution in [2.24, 2.45) is 0 Å². The third-order valence-electron chi connectivity index (χ3n) is 2.90. The number of aryl methyl sites for hydroxylation is 3. The van der Waals surface area contributed by atoms with Crippen LogP contribution in [0.15, 0.2) is 24.3 Å². The molecule has 1 aromatic heterocycles. The zero-order valence-corrected chi connectivity index (χ0v) is 11.5. The van der Waals surface area contributed by atoms with Gasteiger partial charge in [0.25, 0.3) is 0 Å². The highest BCUT2D eigenvalue weighted by Gasteiger charge is 2.19. The number of nitro benzene ring substituents is 1. The van der Waals surface area contributed by atoms with Gasteiger partial charge in [-0.2, -0.15) is 0 Å². The van der Waals surface area contributed by atoms with Crippen molar-refractivity contribution in [2.75, 3.05) is 5.73 Å². The highest BCUT2D eigenvalue weighted by molar-refractivity contribution is 5.55. The van der Waals surface area contributed by atoms with Gasteiger partial charge < -0.3 is 10.5 Å². The van der Waals surface area contributed by atoms with E-state index < -0.39 is 4.92 Å². The van der Waals surface area contributed by atoms with Crippen molar-refractivity contribution >= 4 is 11.4 Å². The van der Waals surface area contributed by atoms with Gasteiger partial charge in [-0.3, -0.25) is 10.1 Å². The molecule has 0 radical (unpaired) electrons. The van der Waals surface area contributed by atoms with Crippen LogP contribution >= 0.6 is 0 Å². The average molecular weight is 273 g/mol. The minimum atomic E-state index is -0.459. The summed E-state index contributed by atoms with van der Waals surface area (Å²) in [5.74, 6) is 0.490. The zero-order chi connectivity index (χ0) is 14.9. The molecule has 104 valence electrons. The molecule has 1 heterocycles. The molecule has 0 spiro atoms. The normalized spacial score (nSPS) is 10.3. The van der Waals surface area contributed by atoms with Crippen molar-refractivity contribution in [3.8, 4) is 11.6 Å². The van der Waals surface area contributed by atoms with Gasteiger partial charge in [-0.05, 0) is 38.0 Å². The van der Waals surface area contributed by atoms with E-state index in [-0.39, 0.29) is 17.3 Å². The largest absolute Gasteiger partial charge is 0.432 e. The summed E-state index contributed by atoms with van der Waals surface area (Å²) in [6, 6.07) is 6.55. The van der Waals surface area contributed by atoms with Gasteiger partial charge in [-0.1, -0.05) is 6.07 Å². The summed E-state index contributed by atoms with van der Waals surface area (Å²) >= 11 is 0. The molecule has 2 aromatic rings. The topological polar surface area (TPSA) is 91.3 Å². The maximum atomic E-state index is 11.1. The molecule has 0 saturated carbocycles. The van der Waals surface area contributed by atoms with Crippen LogP contribution in [-0.4, -0.2) is 9.91 Å². The smallest absolute Gasteiger partial charge is 0.312 e. The molecule has 0 fully saturated rings. The number of ether oxygens (including phenoxy) is 1. The molecular weight excluding hydrogens is 258 g/mol. The lowest BCUT2D eigenvalue weighted by Gasteiger charge is -2.10. The molecule has 0 saturated heterocycles. The number of hydrogen-bond donors (Lipinski definition) is 1. The highest BCUT2D eigenvalue weighted by atomic mass is 16.6. The van der Waals surface area contributed by atoms with Crippen molar-refractivity contribution in [1.29, 1.82) is 0 Å². The molecule has 0 aliphatic rings. The second-order valence-electron chi connectivity index (χ2n) is 4.61. The molecule has 0 aliphatic heterocycles. The summed E-state index contributed by atoms with van der Waals surface area (Å²) in [5, 5.41) is 11.1. The van der Waals surface area contributed by atoms with Gasteiger partial charge in [0, 0.05) is 12.1 Å². The first-order chi connectivity index (χ1) is 9.38. The van der Waals surface area contributed by atoms with Crippen molar-refractivity contribution < 1.29 is 9.66 Å². The summed E-state index contributed by atoms with van der Waals surface area (Å²) in [6.07, 6.45) is 0.